The molecule has 2 fully saturated rings. The standard InChI is InChI=1S/C11H13OP/c1-8-11-10(12-11)7-13(8)9-5-3-2-4-6-9/h2-6,8,10-11H,7H2,1H3. The summed E-state index contributed by atoms with van der Waals surface area (Å²) in [6.45, 7) is 2.34. The quantitative estimate of drug-likeness (QED) is 0.489. The van der Waals surface area contributed by atoms with Crippen LogP contribution in [0.15, 0.2) is 30.3 Å². The predicted molar refractivity (Wildman–Crippen MR) is 56.0 cm³/mol. The van der Waals surface area contributed by atoms with Gasteiger partial charge in [0.1, 0.15) is 0 Å². The Morgan fingerprint density at radius 1 is 1.31 bits per heavy atom. The average Bonchev–Trinajstić information content (AvgIpc) is 2.88. The molecule has 2 heteroatoms. The Hall–Kier alpha value is -0.390. The van der Waals surface area contributed by atoms with E-state index in [0.29, 0.717) is 12.2 Å². The van der Waals surface area contributed by atoms with Crippen molar-refractivity contribution in [1.82, 2.24) is 0 Å². The van der Waals surface area contributed by atoms with Gasteiger partial charge in [-0.3, -0.25) is 0 Å². The first-order valence-corrected chi connectivity index (χ1v) is 6.43. The van der Waals surface area contributed by atoms with Gasteiger partial charge in [0.15, 0.2) is 0 Å². The molecule has 2 aliphatic heterocycles. The molecule has 1 aromatic carbocycles. The van der Waals surface area contributed by atoms with Crippen LogP contribution in [0.25, 0.3) is 0 Å². The fraction of sp³-hybridized carbons (Fsp3) is 0.455. The zero-order chi connectivity index (χ0) is 8.84. The van der Waals surface area contributed by atoms with E-state index in [4.69, 9.17) is 4.74 Å². The Labute approximate surface area is 79.9 Å². The lowest BCUT2D eigenvalue weighted by Crippen LogP contribution is -2.12. The summed E-state index contributed by atoms with van der Waals surface area (Å²) < 4.78 is 5.53. The number of epoxide rings is 1. The summed E-state index contributed by atoms with van der Waals surface area (Å²) in [5.41, 5.74) is 0.780. The smallest absolute Gasteiger partial charge is 0.0913 e. The van der Waals surface area contributed by atoms with Gasteiger partial charge in [0.25, 0.3) is 0 Å². The van der Waals surface area contributed by atoms with Crippen LogP contribution in [0, 0.1) is 0 Å². The maximum Gasteiger partial charge on any atom is 0.0913 e. The maximum atomic E-state index is 5.53. The molecule has 0 amide bonds. The lowest BCUT2D eigenvalue weighted by molar-refractivity contribution is 0.370. The topological polar surface area (TPSA) is 12.5 Å². The van der Waals surface area contributed by atoms with Gasteiger partial charge in [-0.05, 0) is 5.30 Å². The van der Waals surface area contributed by atoms with Crippen molar-refractivity contribution in [3.8, 4) is 0 Å². The number of hydrogen-bond acceptors (Lipinski definition) is 1. The first kappa shape index (κ1) is 7.96. The lowest BCUT2D eigenvalue weighted by Gasteiger charge is -2.18. The number of benzene rings is 1. The van der Waals surface area contributed by atoms with Gasteiger partial charge < -0.3 is 4.74 Å². The highest BCUT2D eigenvalue weighted by molar-refractivity contribution is 7.66. The monoisotopic (exact) mass is 192 g/mol. The van der Waals surface area contributed by atoms with Crippen LogP contribution in [-0.4, -0.2) is 24.0 Å². The molecular formula is C11H13OP. The van der Waals surface area contributed by atoms with E-state index in [1.54, 1.807) is 5.30 Å². The molecule has 0 N–H and O–H groups in total. The van der Waals surface area contributed by atoms with Gasteiger partial charge >= 0.3 is 0 Å². The molecule has 0 bridgehead atoms. The van der Waals surface area contributed by atoms with Crippen LogP contribution < -0.4 is 5.30 Å². The Balaban J connectivity index is 1.87. The van der Waals surface area contributed by atoms with Crippen molar-refractivity contribution in [3.05, 3.63) is 30.3 Å². The molecule has 0 aliphatic carbocycles. The highest BCUT2D eigenvalue weighted by Gasteiger charge is 2.53. The molecule has 13 heavy (non-hydrogen) atoms. The summed E-state index contributed by atoms with van der Waals surface area (Å²) >= 11 is 0. The second-order valence-electron chi connectivity index (χ2n) is 3.87. The second-order valence-corrected chi connectivity index (χ2v) is 6.50. The lowest BCUT2D eigenvalue weighted by atomic mass is 10.3. The van der Waals surface area contributed by atoms with E-state index in [-0.39, 0.29) is 7.92 Å². The molecule has 2 saturated heterocycles. The minimum absolute atomic E-state index is 0.0840. The molecule has 2 aliphatic rings. The Kier molecular flexibility index (Phi) is 1.71. The van der Waals surface area contributed by atoms with Crippen molar-refractivity contribution in [2.24, 2.45) is 0 Å². The molecule has 0 saturated carbocycles. The fourth-order valence-electron chi connectivity index (χ4n) is 2.23. The summed E-state index contributed by atoms with van der Waals surface area (Å²) in [4.78, 5) is 0. The predicted octanol–water partition coefficient (Wildman–Crippen LogP) is 1.96. The minimum Gasteiger partial charge on any atom is -0.369 e. The molecule has 1 nitrogen and oxygen atoms in total. The van der Waals surface area contributed by atoms with Gasteiger partial charge in [0.05, 0.1) is 12.2 Å². The summed E-state index contributed by atoms with van der Waals surface area (Å²) in [5, 5.41) is 1.56. The average molecular weight is 192 g/mol. The summed E-state index contributed by atoms with van der Waals surface area (Å²) in [5.74, 6) is 0. The van der Waals surface area contributed by atoms with E-state index in [1.807, 2.05) is 0 Å². The maximum absolute atomic E-state index is 5.53. The van der Waals surface area contributed by atoms with Crippen LogP contribution in [0.3, 0.4) is 0 Å². The SMILES string of the molecule is CC1C2OC2CP1c1ccccc1. The molecule has 0 aromatic heterocycles. The van der Waals surface area contributed by atoms with E-state index >= 15 is 0 Å². The van der Waals surface area contributed by atoms with Gasteiger partial charge in [0, 0.05) is 11.8 Å². The normalized spacial score (nSPS) is 41.6. The first-order valence-electron chi connectivity index (χ1n) is 4.83. The summed E-state index contributed by atoms with van der Waals surface area (Å²) in [7, 11) is 0.0840. The molecule has 0 radical (unpaired) electrons. The van der Waals surface area contributed by atoms with Gasteiger partial charge in [-0.25, -0.2) is 0 Å². The highest BCUT2D eigenvalue weighted by Crippen LogP contribution is 2.57. The number of fused-ring (bicyclic) bond motifs is 1. The Morgan fingerprint density at radius 3 is 2.69 bits per heavy atom. The number of ether oxygens (including phenoxy) is 1. The van der Waals surface area contributed by atoms with Crippen LogP contribution >= 0.6 is 7.92 Å². The van der Waals surface area contributed by atoms with Crippen molar-refractivity contribution in [2.45, 2.75) is 24.8 Å². The zero-order valence-corrected chi connectivity index (χ0v) is 8.58. The molecular weight excluding hydrogens is 179 g/mol. The van der Waals surface area contributed by atoms with Crippen LogP contribution in [-0.2, 0) is 4.74 Å². The van der Waals surface area contributed by atoms with Gasteiger partial charge in [-0.2, -0.15) is 0 Å². The molecule has 3 rings (SSSR count). The summed E-state index contributed by atoms with van der Waals surface area (Å²) in [6.07, 6.45) is 2.51. The van der Waals surface area contributed by atoms with Crippen molar-refractivity contribution >= 4 is 13.2 Å². The molecule has 0 spiro atoms. The van der Waals surface area contributed by atoms with Crippen LogP contribution in [0.4, 0.5) is 0 Å². The van der Waals surface area contributed by atoms with E-state index in [1.165, 1.54) is 6.16 Å². The van der Waals surface area contributed by atoms with Gasteiger partial charge in [0.2, 0.25) is 0 Å². The van der Waals surface area contributed by atoms with E-state index in [9.17, 15) is 0 Å². The van der Waals surface area contributed by atoms with Gasteiger partial charge in [-0.15, -0.1) is 0 Å². The zero-order valence-electron chi connectivity index (χ0n) is 7.68. The van der Waals surface area contributed by atoms with Crippen molar-refractivity contribution in [1.29, 1.82) is 0 Å². The largest absolute Gasteiger partial charge is 0.369 e. The summed E-state index contributed by atoms with van der Waals surface area (Å²) in [6, 6.07) is 10.9. The highest BCUT2D eigenvalue weighted by atomic mass is 31.1. The van der Waals surface area contributed by atoms with Crippen molar-refractivity contribution < 1.29 is 4.74 Å². The fourth-order valence-corrected chi connectivity index (χ4v) is 5.09. The third-order valence-electron chi connectivity index (χ3n) is 3.05. The van der Waals surface area contributed by atoms with E-state index < -0.39 is 0 Å². The Morgan fingerprint density at radius 2 is 2.08 bits per heavy atom. The second kappa shape index (κ2) is 2.80. The van der Waals surface area contributed by atoms with Crippen LogP contribution in [0.1, 0.15) is 6.92 Å². The molecule has 2 heterocycles. The first-order chi connectivity index (χ1) is 6.36. The van der Waals surface area contributed by atoms with E-state index in [2.05, 4.69) is 37.3 Å². The molecule has 1 aromatic rings. The minimum atomic E-state index is 0.0840. The third kappa shape index (κ3) is 1.22. The van der Waals surface area contributed by atoms with E-state index in [0.717, 1.165) is 5.66 Å². The van der Waals surface area contributed by atoms with Crippen LogP contribution in [0.2, 0.25) is 0 Å². The third-order valence-corrected chi connectivity index (χ3v) is 6.05. The van der Waals surface area contributed by atoms with Crippen molar-refractivity contribution in [3.63, 3.8) is 0 Å². The number of rotatable bonds is 1. The number of hydrogen-bond donors (Lipinski definition) is 0. The van der Waals surface area contributed by atoms with Crippen LogP contribution in [0.5, 0.6) is 0 Å². The Bertz CT molecular complexity index is 311. The molecule has 4 atom stereocenters. The molecule has 68 valence electrons. The molecule has 4 unspecified atom stereocenters. The van der Waals surface area contributed by atoms with Gasteiger partial charge in [-0.1, -0.05) is 45.2 Å². The van der Waals surface area contributed by atoms with Crippen molar-refractivity contribution in [2.75, 3.05) is 6.16 Å².